The normalized spacial score (nSPS) is 15.6. The number of aryl methyl sites for hydroxylation is 1. The van der Waals surface area contributed by atoms with E-state index < -0.39 is 10.0 Å². The van der Waals surface area contributed by atoms with Gasteiger partial charge in [-0.05, 0) is 43.4 Å². The number of hydrogen-bond donors (Lipinski definition) is 2. The van der Waals surface area contributed by atoms with E-state index in [2.05, 4.69) is 39.9 Å². The summed E-state index contributed by atoms with van der Waals surface area (Å²) in [5.41, 5.74) is 12.3. The van der Waals surface area contributed by atoms with Crippen LogP contribution in [0.25, 0.3) is 28.2 Å². The van der Waals surface area contributed by atoms with E-state index in [1.165, 1.54) is 4.52 Å². The zero-order chi connectivity index (χ0) is 23.9. The average molecular weight is 477 g/mol. The fourth-order valence-corrected chi connectivity index (χ4v) is 5.15. The molecule has 1 saturated carbocycles. The maximum atomic E-state index is 12.0. The lowest BCUT2D eigenvalue weighted by Crippen LogP contribution is -2.33. The number of anilines is 1. The van der Waals surface area contributed by atoms with E-state index in [1.807, 2.05) is 36.5 Å². The number of nitrogens with zero attached hydrogens (tertiary/aromatic N) is 4. The molecular weight excluding hydrogens is 448 g/mol. The molecule has 5 rings (SSSR count). The van der Waals surface area contributed by atoms with Gasteiger partial charge in [0.15, 0.2) is 0 Å². The molecular formula is C25H28N6O2S. The second-order valence-electron chi connectivity index (χ2n) is 8.95. The summed E-state index contributed by atoms with van der Waals surface area (Å²) in [6.45, 7) is 3.63. The zero-order valence-corrected chi connectivity index (χ0v) is 20.1. The highest BCUT2D eigenvalue weighted by molar-refractivity contribution is 7.92. The average Bonchev–Trinajstić information content (AvgIpc) is 3.44. The molecule has 2 aromatic heterocycles. The van der Waals surface area contributed by atoms with E-state index in [0.29, 0.717) is 5.78 Å². The Balaban J connectivity index is 1.66. The van der Waals surface area contributed by atoms with Crippen molar-refractivity contribution < 1.29 is 8.42 Å². The van der Waals surface area contributed by atoms with Crippen molar-refractivity contribution in [3.8, 4) is 22.4 Å². The van der Waals surface area contributed by atoms with Crippen LogP contribution in [-0.2, 0) is 15.6 Å². The van der Waals surface area contributed by atoms with Crippen LogP contribution < -0.4 is 10.5 Å². The van der Waals surface area contributed by atoms with E-state index in [0.717, 1.165) is 59.2 Å². The highest BCUT2D eigenvalue weighted by Crippen LogP contribution is 2.39. The van der Waals surface area contributed by atoms with Gasteiger partial charge in [-0.2, -0.15) is 4.98 Å². The predicted molar refractivity (Wildman–Crippen MR) is 134 cm³/mol. The van der Waals surface area contributed by atoms with Crippen molar-refractivity contribution >= 4 is 21.7 Å². The predicted octanol–water partition coefficient (Wildman–Crippen LogP) is 4.26. The molecule has 4 aromatic rings. The highest BCUT2D eigenvalue weighted by Gasteiger charge is 2.31. The molecule has 2 aromatic carbocycles. The third-order valence-electron chi connectivity index (χ3n) is 6.60. The van der Waals surface area contributed by atoms with Gasteiger partial charge in [0.05, 0.1) is 11.4 Å². The molecule has 3 N–H and O–H groups in total. The van der Waals surface area contributed by atoms with Gasteiger partial charge in [-0.3, -0.25) is 0 Å². The summed E-state index contributed by atoms with van der Waals surface area (Å²) >= 11 is 0. The number of benzene rings is 2. The maximum Gasteiger partial charge on any atom is 0.258 e. The van der Waals surface area contributed by atoms with Crippen molar-refractivity contribution in [2.24, 2.45) is 5.73 Å². The smallest absolute Gasteiger partial charge is 0.258 e. The molecule has 0 radical (unpaired) electrons. The first-order valence-corrected chi connectivity index (χ1v) is 13.2. The van der Waals surface area contributed by atoms with Gasteiger partial charge in [0.25, 0.3) is 11.7 Å². The molecule has 1 aliphatic rings. The molecule has 176 valence electrons. The Kier molecular flexibility index (Phi) is 5.61. The molecule has 0 spiro atoms. The van der Waals surface area contributed by atoms with Crippen LogP contribution >= 0.6 is 0 Å². The number of rotatable bonds is 6. The molecule has 0 bridgehead atoms. The van der Waals surface area contributed by atoms with Gasteiger partial charge in [-0.25, -0.2) is 22.6 Å². The summed E-state index contributed by atoms with van der Waals surface area (Å²) < 4.78 is 27.9. The molecule has 0 amide bonds. The van der Waals surface area contributed by atoms with Crippen molar-refractivity contribution in [2.45, 2.75) is 45.1 Å². The molecule has 0 saturated heterocycles. The van der Waals surface area contributed by atoms with Crippen molar-refractivity contribution in [1.29, 1.82) is 0 Å². The second kappa shape index (κ2) is 8.48. The molecule has 9 heteroatoms. The van der Waals surface area contributed by atoms with Crippen molar-refractivity contribution in [3.05, 3.63) is 65.9 Å². The van der Waals surface area contributed by atoms with Crippen LogP contribution in [0.15, 0.2) is 54.7 Å². The summed E-state index contributed by atoms with van der Waals surface area (Å²) in [5, 5.41) is 4.30. The fourth-order valence-electron chi connectivity index (χ4n) is 4.64. The minimum atomic E-state index is -3.50. The first-order chi connectivity index (χ1) is 16.3. The second-order valence-corrected chi connectivity index (χ2v) is 11.0. The number of sulfonamides is 1. The third-order valence-corrected chi connectivity index (χ3v) is 7.85. The van der Waals surface area contributed by atoms with Crippen molar-refractivity contribution in [3.63, 3.8) is 0 Å². The van der Waals surface area contributed by atoms with E-state index in [4.69, 9.17) is 10.7 Å². The van der Waals surface area contributed by atoms with Gasteiger partial charge < -0.3 is 5.73 Å². The first kappa shape index (κ1) is 22.5. The molecule has 0 unspecified atom stereocenters. The van der Waals surface area contributed by atoms with Crippen LogP contribution in [-0.4, -0.2) is 33.8 Å². The van der Waals surface area contributed by atoms with Gasteiger partial charge >= 0.3 is 0 Å². The van der Waals surface area contributed by atoms with Crippen LogP contribution in [0.3, 0.4) is 0 Å². The van der Waals surface area contributed by atoms with Gasteiger partial charge in [-0.15, -0.1) is 5.10 Å². The number of nitrogens with one attached hydrogen (secondary N) is 1. The number of hydrogen-bond acceptors (Lipinski definition) is 6. The highest BCUT2D eigenvalue weighted by atomic mass is 32.2. The van der Waals surface area contributed by atoms with Crippen LogP contribution in [0.1, 0.15) is 43.7 Å². The molecule has 1 fully saturated rings. The SMILES string of the molecule is CCS(=O)(=O)Nc1nc2nc(-c3ccc(C4(N)CCCC4)cc3C)c(-c3ccccc3)cn2n1. The Bertz CT molecular complexity index is 1460. The Morgan fingerprint density at radius 2 is 1.79 bits per heavy atom. The molecule has 1 aliphatic carbocycles. The minimum Gasteiger partial charge on any atom is -0.321 e. The number of fused-ring (bicyclic) bond motifs is 1. The number of aromatic nitrogens is 4. The van der Waals surface area contributed by atoms with Gasteiger partial charge in [0, 0.05) is 22.9 Å². The third kappa shape index (κ3) is 4.17. The quantitative estimate of drug-likeness (QED) is 0.430. The largest absolute Gasteiger partial charge is 0.321 e. The monoisotopic (exact) mass is 476 g/mol. The summed E-state index contributed by atoms with van der Waals surface area (Å²) in [7, 11) is -3.50. The summed E-state index contributed by atoms with van der Waals surface area (Å²) in [6.07, 6.45) is 6.16. The minimum absolute atomic E-state index is 0.00360. The summed E-state index contributed by atoms with van der Waals surface area (Å²) in [5.74, 6) is 0.256. The lowest BCUT2D eigenvalue weighted by atomic mass is 9.86. The van der Waals surface area contributed by atoms with Crippen LogP contribution in [0, 0.1) is 6.92 Å². The van der Waals surface area contributed by atoms with E-state index in [1.54, 1.807) is 6.92 Å². The van der Waals surface area contributed by atoms with E-state index in [9.17, 15) is 8.42 Å². The summed E-state index contributed by atoms with van der Waals surface area (Å²) in [6, 6.07) is 16.3. The Hall–Kier alpha value is -3.30. The van der Waals surface area contributed by atoms with Crippen LogP contribution in [0.2, 0.25) is 0 Å². The molecule has 8 nitrogen and oxygen atoms in total. The maximum absolute atomic E-state index is 12.0. The van der Waals surface area contributed by atoms with Gasteiger partial charge in [-0.1, -0.05) is 61.4 Å². The summed E-state index contributed by atoms with van der Waals surface area (Å²) in [4.78, 5) is 9.15. The lowest BCUT2D eigenvalue weighted by molar-refractivity contribution is 0.461. The Morgan fingerprint density at radius 3 is 2.47 bits per heavy atom. The van der Waals surface area contributed by atoms with Crippen LogP contribution in [0.4, 0.5) is 5.95 Å². The molecule has 34 heavy (non-hydrogen) atoms. The fraction of sp³-hybridized carbons (Fsp3) is 0.320. The van der Waals surface area contributed by atoms with Gasteiger partial charge in [0.1, 0.15) is 0 Å². The Labute approximate surface area is 199 Å². The molecule has 0 atom stereocenters. The van der Waals surface area contributed by atoms with Crippen molar-refractivity contribution in [1.82, 2.24) is 19.6 Å². The Morgan fingerprint density at radius 1 is 1.06 bits per heavy atom. The van der Waals surface area contributed by atoms with Crippen molar-refractivity contribution in [2.75, 3.05) is 10.5 Å². The topological polar surface area (TPSA) is 115 Å². The van der Waals surface area contributed by atoms with E-state index >= 15 is 0 Å². The standard InChI is InChI=1S/C25H28N6O2S/c1-3-34(32,33)30-23-28-24-27-22(21(16-31(24)29-23)18-9-5-4-6-10-18)20-12-11-19(15-17(20)2)25(26)13-7-8-14-25/h4-6,9-12,15-16H,3,7-8,13-14,26H2,1-2H3,(H,29,30). The molecule has 2 heterocycles. The number of nitrogens with two attached hydrogens (primary N) is 1. The lowest BCUT2D eigenvalue weighted by Gasteiger charge is -2.25. The first-order valence-electron chi connectivity index (χ1n) is 11.5. The van der Waals surface area contributed by atoms with Crippen LogP contribution in [0.5, 0.6) is 0 Å². The van der Waals surface area contributed by atoms with Gasteiger partial charge in [0.2, 0.25) is 10.0 Å². The van der Waals surface area contributed by atoms with E-state index in [-0.39, 0.29) is 17.2 Å². The zero-order valence-electron chi connectivity index (χ0n) is 19.3. The molecule has 0 aliphatic heterocycles.